The van der Waals surface area contributed by atoms with Crippen LogP contribution in [0.25, 0.3) is 0 Å². The zero-order valence-electron chi connectivity index (χ0n) is 9.59. The highest BCUT2D eigenvalue weighted by Gasteiger charge is 2.08. The van der Waals surface area contributed by atoms with Gasteiger partial charge in [-0.2, -0.15) is 0 Å². The lowest BCUT2D eigenvalue weighted by molar-refractivity contribution is -0.137. The third kappa shape index (κ3) is 8.09. The van der Waals surface area contributed by atoms with E-state index >= 15 is 0 Å². The van der Waals surface area contributed by atoms with Crippen LogP contribution in [-0.4, -0.2) is 11.1 Å². The largest absolute Gasteiger partial charge is 0.481 e. The van der Waals surface area contributed by atoms with Crippen molar-refractivity contribution in [3.05, 3.63) is 0 Å². The van der Waals surface area contributed by atoms with Crippen molar-refractivity contribution in [2.75, 3.05) is 0 Å². The van der Waals surface area contributed by atoms with Crippen LogP contribution in [0, 0.1) is 5.92 Å². The Balaban J connectivity index is 3.42. The van der Waals surface area contributed by atoms with Gasteiger partial charge in [-0.25, -0.2) is 0 Å². The van der Waals surface area contributed by atoms with Crippen molar-refractivity contribution >= 4 is 5.97 Å². The molecule has 0 saturated heterocycles. The molecule has 84 valence electrons. The van der Waals surface area contributed by atoms with Gasteiger partial charge in [-0.3, -0.25) is 4.79 Å². The fraction of sp³-hybridized carbons (Fsp3) is 0.917. The summed E-state index contributed by atoms with van der Waals surface area (Å²) in [5.41, 5.74) is 0. The van der Waals surface area contributed by atoms with E-state index in [1.807, 2.05) is 0 Å². The molecular weight excluding hydrogens is 176 g/mol. The smallest absolute Gasteiger partial charge is 0.303 e. The van der Waals surface area contributed by atoms with Gasteiger partial charge < -0.3 is 5.11 Å². The molecule has 0 radical (unpaired) electrons. The summed E-state index contributed by atoms with van der Waals surface area (Å²) in [7, 11) is 0. The SMILES string of the molecule is CCCCCCC(CC)CCC(=O)O. The molecule has 0 aromatic carbocycles. The molecule has 0 aliphatic heterocycles. The van der Waals surface area contributed by atoms with E-state index in [0.29, 0.717) is 12.3 Å². The normalized spacial score (nSPS) is 12.7. The predicted molar refractivity (Wildman–Crippen MR) is 59.4 cm³/mol. The summed E-state index contributed by atoms with van der Waals surface area (Å²) in [6, 6.07) is 0. The second-order valence-corrected chi connectivity index (χ2v) is 4.06. The van der Waals surface area contributed by atoms with Crippen LogP contribution in [0.3, 0.4) is 0 Å². The zero-order valence-corrected chi connectivity index (χ0v) is 9.59. The maximum absolute atomic E-state index is 10.4. The molecule has 0 heterocycles. The van der Waals surface area contributed by atoms with Crippen molar-refractivity contribution in [2.45, 2.75) is 65.2 Å². The molecule has 0 amide bonds. The molecule has 0 spiro atoms. The Hall–Kier alpha value is -0.530. The van der Waals surface area contributed by atoms with Gasteiger partial charge in [-0.15, -0.1) is 0 Å². The molecule has 1 atom stereocenters. The molecule has 0 bridgehead atoms. The minimum atomic E-state index is -0.656. The topological polar surface area (TPSA) is 37.3 Å². The molecular formula is C12H24O2. The van der Waals surface area contributed by atoms with Gasteiger partial charge in [0.15, 0.2) is 0 Å². The van der Waals surface area contributed by atoms with Crippen molar-refractivity contribution in [3.8, 4) is 0 Å². The fourth-order valence-corrected chi connectivity index (χ4v) is 1.74. The monoisotopic (exact) mass is 200 g/mol. The number of unbranched alkanes of at least 4 members (excludes halogenated alkanes) is 3. The molecule has 0 fully saturated rings. The van der Waals surface area contributed by atoms with Crippen molar-refractivity contribution in [3.63, 3.8) is 0 Å². The minimum absolute atomic E-state index is 0.340. The van der Waals surface area contributed by atoms with Crippen LogP contribution in [0.5, 0.6) is 0 Å². The van der Waals surface area contributed by atoms with Crippen LogP contribution in [0.15, 0.2) is 0 Å². The molecule has 1 unspecified atom stereocenters. The Morgan fingerprint density at radius 2 is 1.86 bits per heavy atom. The number of rotatable bonds is 9. The quantitative estimate of drug-likeness (QED) is 0.574. The van der Waals surface area contributed by atoms with Crippen molar-refractivity contribution in [1.29, 1.82) is 0 Å². The predicted octanol–water partition coefficient (Wildman–Crippen LogP) is 3.85. The summed E-state index contributed by atoms with van der Waals surface area (Å²) in [6.07, 6.45) is 8.70. The van der Waals surface area contributed by atoms with E-state index < -0.39 is 5.97 Å². The highest BCUT2D eigenvalue weighted by atomic mass is 16.4. The van der Waals surface area contributed by atoms with Crippen LogP contribution in [0.2, 0.25) is 0 Å². The Bertz CT molecular complexity index is 143. The highest BCUT2D eigenvalue weighted by Crippen LogP contribution is 2.19. The van der Waals surface area contributed by atoms with Crippen LogP contribution in [-0.2, 0) is 4.79 Å². The van der Waals surface area contributed by atoms with E-state index in [-0.39, 0.29) is 0 Å². The number of hydrogen-bond donors (Lipinski definition) is 1. The third-order valence-corrected chi connectivity index (χ3v) is 2.81. The Kier molecular flexibility index (Phi) is 8.70. The van der Waals surface area contributed by atoms with Crippen LogP contribution in [0.4, 0.5) is 0 Å². The van der Waals surface area contributed by atoms with Gasteiger partial charge in [0, 0.05) is 6.42 Å². The van der Waals surface area contributed by atoms with Gasteiger partial charge in [0.1, 0.15) is 0 Å². The van der Waals surface area contributed by atoms with Crippen LogP contribution in [0.1, 0.15) is 65.2 Å². The van der Waals surface area contributed by atoms with Gasteiger partial charge in [-0.1, -0.05) is 52.4 Å². The maximum atomic E-state index is 10.4. The number of carboxylic acid groups (broad SMARTS) is 1. The lowest BCUT2D eigenvalue weighted by Crippen LogP contribution is -2.03. The number of hydrogen-bond acceptors (Lipinski definition) is 1. The second kappa shape index (κ2) is 9.04. The van der Waals surface area contributed by atoms with Gasteiger partial charge in [0.05, 0.1) is 0 Å². The van der Waals surface area contributed by atoms with Gasteiger partial charge in [0.25, 0.3) is 0 Å². The summed E-state index contributed by atoms with van der Waals surface area (Å²) in [6.45, 7) is 4.37. The standard InChI is InChI=1S/C12H24O2/c1-3-5-6-7-8-11(4-2)9-10-12(13)14/h11H,3-10H2,1-2H3,(H,13,14). The summed E-state index contributed by atoms with van der Waals surface area (Å²) < 4.78 is 0. The summed E-state index contributed by atoms with van der Waals surface area (Å²) in [4.78, 5) is 10.4. The molecule has 0 saturated carbocycles. The summed E-state index contributed by atoms with van der Waals surface area (Å²) in [5, 5.41) is 8.57. The molecule has 0 aliphatic carbocycles. The molecule has 2 nitrogen and oxygen atoms in total. The van der Waals surface area contributed by atoms with Crippen molar-refractivity contribution < 1.29 is 9.90 Å². The molecule has 14 heavy (non-hydrogen) atoms. The average Bonchev–Trinajstić information content (AvgIpc) is 2.16. The summed E-state index contributed by atoms with van der Waals surface area (Å²) >= 11 is 0. The first-order chi connectivity index (χ1) is 6.70. The first-order valence-electron chi connectivity index (χ1n) is 5.92. The Morgan fingerprint density at radius 1 is 1.14 bits per heavy atom. The maximum Gasteiger partial charge on any atom is 0.303 e. The second-order valence-electron chi connectivity index (χ2n) is 4.06. The zero-order chi connectivity index (χ0) is 10.8. The van der Waals surface area contributed by atoms with E-state index in [1.54, 1.807) is 0 Å². The molecule has 2 heteroatoms. The molecule has 0 aromatic heterocycles. The minimum Gasteiger partial charge on any atom is -0.481 e. The fourth-order valence-electron chi connectivity index (χ4n) is 1.74. The van der Waals surface area contributed by atoms with Gasteiger partial charge in [0.2, 0.25) is 0 Å². The van der Waals surface area contributed by atoms with Gasteiger partial charge in [-0.05, 0) is 12.3 Å². The lowest BCUT2D eigenvalue weighted by Gasteiger charge is -2.12. The van der Waals surface area contributed by atoms with Crippen molar-refractivity contribution in [2.24, 2.45) is 5.92 Å². The van der Waals surface area contributed by atoms with Crippen LogP contribution < -0.4 is 0 Å². The van der Waals surface area contributed by atoms with E-state index in [2.05, 4.69) is 13.8 Å². The average molecular weight is 200 g/mol. The van der Waals surface area contributed by atoms with E-state index in [0.717, 1.165) is 12.8 Å². The Morgan fingerprint density at radius 3 is 2.36 bits per heavy atom. The van der Waals surface area contributed by atoms with Crippen LogP contribution >= 0.6 is 0 Å². The molecule has 0 aromatic rings. The Labute approximate surface area is 87.7 Å². The lowest BCUT2D eigenvalue weighted by atomic mass is 9.94. The third-order valence-electron chi connectivity index (χ3n) is 2.81. The summed E-state index contributed by atoms with van der Waals surface area (Å²) in [5.74, 6) is -0.0278. The highest BCUT2D eigenvalue weighted by molar-refractivity contribution is 5.66. The number of aliphatic carboxylic acids is 1. The van der Waals surface area contributed by atoms with Gasteiger partial charge >= 0.3 is 5.97 Å². The molecule has 0 rings (SSSR count). The first kappa shape index (κ1) is 13.5. The van der Waals surface area contributed by atoms with Crippen molar-refractivity contribution in [1.82, 2.24) is 0 Å². The van der Waals surface area contributed by atoms with E-state index in [1.165, 1.54) is 32.1 Å². The number of carbonyl (C=O) groups is 1. The first-order valence-corrected chi connectivity index (χ1v) is 5.92. The number of carboxylic acids is 1. The molecule has 0 aliphatic rings. The van der Waals surface area contributed by atoms with E-state index in [4.69, 9.17) is 5.11 Å². The molecule has 1 N–H and O–H groups in total. The van der Waals surface area contributed by atoms with E-state index in [9.17, 15) is 4.79 Å².